The molecule has 8 nitrogen and oxygen atoms in total. The quantitative estimate of drug-likeness (QED) is 0.199. The molecule has 2 fully saturated rings. The molecule has 0 aliphatic carbocycles. The zero-order valence-electron chi connectivity index (χ0n) is 26.6. The largest absolute Gasteiger partial charge is 0.494 e. The van der Waals surface area contributed by atoms with Crippen LogP contribution in [0.25, 0.3) is 32.9 Å². The normalized spacial score (nSPS) is 22.1. The predicted molar refractivity (Wildman–Crippen MR) is 173 cm³/mol. The summed E-state index contributed by atoms with van der Waals surface area (Å²) in [5.41, 5.74) is 5.54. The summed E-state index contributed by atoms with van der Waals surface area (Å²) in [4.78, 5) is 23.3. The van der Waals surface area contributed by atoms with Crippen LogP contribution in [0.1, 0.15) is 71.3 Å². The van der Waals surface area contributed by atoms with Crippen molar-refractivity contribution in [3.05, 3.63) is 53.9 Å². The highest BCUT2D eigenvalue weighted by molar-refractivity contribution is 6.62. The van der Waals surface area contributed by atoms with Crippen LogP contribution in [0, 0.1) is 5.92 Å². The van der Waals surface area contributed by atoms with Gasteiger partial charge in [-0.15, -0.1) is 0 Å². The predicted octanol–water partition coefficient (Wildman–Crippen LogP) is 5.95. The van der Waals surface area contributed by atoms with E-state index in [2.05, 4.69) is 87.0 Å². The number of H-pyrrole nitrogens is 1. The minimum Gasteiger partial charge on any atom is -0.488 e. The van der Waals surface area contributed by atoms with Crippen molar-refractivity contribution in [1.29, 1.82) is 0 Å². The number of carbonyl (C=O) groups is 1. The molecule has 0 radical (unpaired) electrons. The van der Waals surface area contributed by atoms with Crippen molar-refractivity contribution in [2.75, 3.05) is 20.3 Å². The van der Waals surface area contributed by atoms with E-state index in [1.807, 2.05) is 0 Å². The molecule has 0 amide bonds. The third kappa shape index (κ3) is 4.85. The minimum atomic E-state index is -0.406. The number of benzene rings is 3. The summed E-state index contributed by atoms with van der Waals surface area (Å²) in [5.74, 6) is 1.99. The Labute approximate surface area is 259 Å². The maximum atomic E-state index is 12.2. The monoisotopic (exact) mass is 595 g/mol. The highest BCUT2D eigenvalue weighted by Gasteiger charge is 2.51. The fourth-order valence-electron chi connectivity index (χ4n) is 7.06. The summed E-state index contributed by atoms with van der Waals surface area (Å²) in [6, 6.07) is 15.0. The fraction of sp³-hybridized carbons (Fsp3) is 0.486. The third-order valence-corrected chi connectivity index (χ3v) is 10.4. The average Bonchev–Trinajstić information content (AvgIpc) is 3.71. The van der Waals surface area contributed by atoms with Crippen LogP contribution in [0.4, 0.5) is 0 Å². The van der Waals surface area contributed by atoms with Gasteiger partial charge in [0, 0.05) is 24.7 Å². The molecular formula is C35H42BN3O5. The number of aldehydes is 1. The summed E-state index contributed by atoms with van der Waals surface area (Å²) >= 11 is 0. The van der Waals surface area contributed by atoms with Crippen LogP contribution in [0.2, 0.25) is 0 Å². The van der Waals surface area contributed by atoms with E-state index in [0.717, 1.165) is 82.1 Å². The zero-order valence-corrected chi connectivity index (χ0v) is 26.6. The first-order valence-electron chi connectivity index (χ1n) is 15.9. The van der Waals surface area contributed by atoms with Crippen LogP contribution in [0.3, 0.4) is 0 Å². The molecule has 0 bridgehead atoms. The van der Waals surface area contributed by atoms with E-state index in [-0.39, 0.29) is 29.2 Å². The molecule has 3 aliphatic heterocycles. The van der Waals surface area contributed by atoms with E-state index < -0.39 is 7.12 Å². The lowest BCUT2D eigenvalue weighted by molar-refractivity contribution is -0.114. The van der Waals surface area contributed by atoms with Gasteiger partial charge in [0.05, 0.1) is 34.3 Å². The third-order valence-electron chi connectivity index (χ3n) is 10.4. The Morgan fingerprint density at radius 1 is 1.11 bits per heavy atom. The molecule has 1 aromatic heterocycles. The average molecular weight is 596 g/mol. The smallest absolute Gasteiger partial charge is 0.488 e. The van der Waals surface area contributed by atoms with Crippen molar-refractivity contribution in [2.45, 2.75) is 83.8 Å². The molecule has 3 atom stereocenters. The van der Waals surface area contributed by atoms with Gasteiger partial charge in [-0.2, -0.15) is 0 Å². The van der Waals surface area contributed by atoms with E-state index in [9.17, 15) is 4.79 Å². The Morgan fingerprint density at radius 3 is 2.66 bits per heavy atom. The number of carbonyl (C=O) groups excluding carboxylic acids is 1. The zero-order chi connectivity index (χ0) is 30.8. The number of nitrogens with zero attached hydrogens (tertiary/aromatic N) is 2. The second-order valence-electron chi connectivity index (χ2n) is 13.7. The topological polar surface area (TPSA) is 85.9 Å². The van der Waals surface area contributed by atoms with Crippen LogP contribution in [-0.4, -0.2) is 65.8 Å². The van der Waals surface area contributed by atoms with Crippen LogP contribution in [-0.2, 0) is 25.4 Å². The number of hydrogen-bond donors (Lipinski definition) is 1. The van der Waals surface area contributed by atoms with Crippen molar-refractivity contribution < 1.29 is 23.6 Å². The lowest BCUT2D eigenvalue weighted by atomic mass is 9.77. The number of rotatable bonds is 8. The summed E-state index contributed by atoms with van der Waals surface area (Å²) in [5, 5.41) is 2.18. The van der Waals surface area contributed by atoms with E-state index in [1.54, 1.807) is 7.11 Å². The first-order valence-corrected chi connectivity index (χ1v) is 15.9. The van der Waals surface area contributed by atoms with Gasteiger partial charge in [0.1, 0.15) is 24.5 Å². The van der Waals surface area contributed by atoms with Gasteiger partial charge in [-0.1, -0.05) is 31.2 Å². The lowest BCUT2D eigenvalue weighted by Crippen LogP contribution is -2.41. The van der Waals surface area contributed by atoms with Crippen molar-refractivity contribution in [1.82, 2.24) is 14.9 Å². The molecule has 1 N–H and O–H groups in total. The van der Waals surface area contributed by atoms with Gasteiger partial charge in [-0.25, -0.2) is 4.98 Å². The van der Waals surface area contributed by atoms with E-state index in [4.69, 9.17) is 23.8 Å². The lowest BCUT2D eigenvalue weighted by Gasteiger charge is -2.32. The molecule has 0 saturated carbocycles. The van der Waals surface area contributed by atoms with E-state index >= 15 is 0 Å². The van der Waals surface area contributed by atoms with Crippen molar-refractivity contribution in [3.8, 4) is 16.9 Å². The number of nitrogens with one attached hydrogen (secondary N) is 1. The minimum absolute atomic E-state index is 0.0802. The molecule has 4 heterocycles. The molecule has 4 aromatic rings. The SMILES string of the molecule is COCCC(C)C(C=O)N1CCCC1c1nc2c(ccc3cc4c(cc32)OCc2cc(B3OC(C)(C)C(C)(C)O3)ccc2-4)[nH]1. The van der Waals surface area contributed by atoms with E-state index in [0.29, 0.717) is 13.2 Å². The maximum absolute atomic E-state index is 12.2. The molecule has 230 valence electrons. The first-order chi connectivity index (χ1) is 21.1. The number of methoxy groups -OCH3 is 1. The number of aromatic amines is 1. The number of likely N-dealkylation sites (tertiary alicyclic amines) is 1. The molecule has 9 heteroatoms. The number of aromatic nitrogens is 2. The Hall–Kier alpha value is -3.24. The number of hydrogen-bond acceptors (Lipinski definition) is 7. The highest BCUT2D eigenvalue weighted by Crippen LogP contribution is 2.43. The van der Waals surface area contributed by atoms with Crippen LogP contribution >= 0.6 is 0 Å². The number of ether oxygens (including phenoxy) is 2. The van der Waals surface area contributed by atoms with Crippen LogP contribution < -0.4 is 10.2 Å². The molecule has 3 aliphatic rings. The Bertz CT molecular complexity index is 1720. The fourth-order valence-corrected chi connectivity index (χ4v) is 7.06. The number of fused-ring (bicyclic) bond motifs is 6. The van der Waals surface area contributed by atoms with Crippen molar-refractivity contribution in [3.63, 3.8) is 0 Å². The van der Waals surface area contributed by atoms with Gasteiger partial charge in [0.2, 0.25) is 0 Å². The van der Waals surface area contributed by atoms with E-state index in [1.165, 1.54) is 5.56 Å². The second kappa shape index (κ2) is 11.0. The summed E-state index contributed by atoms with van der Waals surface area (Å²) < 4.78 is 24.3. The maximum Gasteiger partial charge on any atom is 0.494 e. The Morgan fingerprint density at radius 2 is 1.91 bits per heavy atom. The summed E-state index contributed by atoms with van der Waals surface area (Å²) in [6.45, 7) is 12.5. The Kier molecular flexibility index (Phi) is 7.36. The van der Waals surface area contributed by atoms with Gasteiger partial charge < -0.3 is 28.6 Å². The molecular weight excluding hydrogens is 553 g/mol. The van der Waals surface area contributed by atoms with Crippen molar-refractivity contribution in [2.24, 2.45) is 5.92 Å². The van der Waals surface area contributed by atoms with Crippen molar-refractivity contribution >= 4 is 40.7 Å². The van der Waals surface area contributed by atoms with Crippen LogP contribution in [0.5, 0.6) is 5.75 Å². The highest BCUT2D eigenvalue weighted by atomic mass is 16.7. The molecule has 44 heavy (non-hydrogen) atoms. The number of imidazole rings is 1. The van der Waals surface area contributed by atoms with Gasteiger partial charge in [-0.05, 0) is 99.6 Å². The van der Waals surface area contributed by atoms with Gasteiger partial charge in [-0.3, -0.25) is 4.90 Å². The van der Waals surface area contributed by atoms with Crippen LogP contribution in [0.15, 0.2) is 42.5 Å². The standard InChI is InChI=1S/C35H42BN3O5/c1-21(13-15-41-6)30(19-40)39-14-7-8-29(39)33-37-28-12-9-22-17-27-25-11-10-24(36-43-34(2,3)35(4,5)44-36)16-23(25)20-42-31(27)18-26(22)32(28)38-33/h9-12,16-19,21,29-30H,7-8,13-15,20H2,1-6H3,(H,37,38). The molecule has 7 rings (SSSR count). The summed E-state index contributed by atoms with van der Waals surface area (Å²) in [6.07, 6.45) is 3.97. The van der Waals surface area contributed by atoms with Gasteiger partial charge in [0.25, 0.3) is 0 Å². The molecule has 3 unspecified atom stereocenters. The first kappa shape index (κ1) is 29.5. The molecule has 0 spiro atoms. The van der Waals surface area contributed by atoms with Gasteiger partial charge >= 0.3 is 7.12 Å². The molecule has 2 saturated heterocycles. The molecule has 3 aromatic carbocycles. The van der Waals surface area contributed by atoms with Gasteiger partial charge in [0.15, 0.2) is 0 Å². The summed E-state index contributed by atoms with van der Waals surface area (Å²) in [7, 11) is 1.30. The Balaban J connectivity index is 1.20. The second-order valence-corrected chi connectivity index (χ2v) is 13.7.